The van der Waals surface area contributed by atoms with Crippen molar-refractivity contribution in [1.29, 1.82) is 0 Å². The van der Waals surface area contributed by atoms with Crippen LogP contribution in [0.2, 0.25) is 0 Å². The second-order valence-electron chi connectivity index (χ2n) is 4.34. The molecule has 84 valence electrons. The van der Waals surface area contributed by atoms with Gasteiger partial charge in [-0.05, 0) is 31.2 Å². The molecule has 0 atom stereocenters. The molecule has 0 spiro atoms. The van der Waals surface area contributed by atoms with Crippen molar-refractivity contribution >= 4 is 5.52 Å². The molecule has 2 nitrogen and oxygen atoms in total. The Labute approximate surface area is 101 Å². The van der Waals surface area contributed by atoms with E-state index in [-0.39, 0.29) is 0 Å². The second-order valence-corrected chi connectivity index (χ2v) is 4.34. The van der Waals surface area contributed by atoms with Gasteiger partial charge in [0.2, 0.25) is 5.69 Å². The lowest BCUT2D eigenvalue weighted by atomic mass is 10.1. The highest BCUT2D eigenvalue weighted by molar-refractivity contribution is 5.69. The van der Waals surface area contributed by atoms with Gasteiger partial charge in [0, 0.05) is 29.5 Å². The van der Waals surface area contributed by atoms with Crippen molar-refractivity contribution in [3.63, 3.8) is 0 Å². The zero-order valence-corrected chi connectivity index (χ0v) is 10.1. The van der Waals surface area contributed by atoms with Gasteiger partial charge in [0.1, 0.15) is 7.05 Å². The van der Waals surface area contributed by atoms with E-state index in [9.17, 15) is 0 Å². The number of hydrogen-bond acceptors (Lipinski definition) is 0. The van der Waals surface area contributed by atoms with Crippen molar-refractivity contribution in [3.05, 3.63) is 60.6 Å². The highest BCUT2D eigenvalue weighted by atomic mass is 14.9. The molecule has 0 saturated heterocycles. The third-order valence-electron chi connectivity index (χ3n) is 3.27. The molecule has 0 unspecified atom stereocenters. The lowest BCUT2D eigenvalue weighted by Crippen LogP contribution is -2.29. The number of rotatable bonds is 1. The van der Waals surface area contributed by atoms with Gasteiger partial charge >= 0.3 is 0 Å². The molecular formula is C15H15N2+. The van der Waals surface area contributed by atoms with Crippen molar-refractivity contribution in [2.75, 3.05) is 0 Å². The Morgan fingerprint density at radius 3 is 2.65 bits per heavy atom. The molecule has 0 amide bonds. The van der Waals surface area contributed by atoms with E-state index in [1.807, 2.05) is 0 Å². The molecule has 3 aromatic heterocycles. The van der Waals surface area contributed by atoms with Crippen LogP contribution in [0.3, 0.4) is 0 Å². The summed E-state index contributed by atoms with van der Waals surface area (Å²) in [7, 11) is 2.08. The van der Waals surface area contributed by atoms with Gasteiger partial charge in [-0.2, -0.15) is 0 Å². The van der Waals surface area contributed by atoms with Crippen LogP contribution in [0.15, 0.2) is 54.9 Å². The third kappa shape index (κ3) is 1.53. The molecule has 2 heteroatoms. The van der Waals surface area contributed by atoms with Gasteiger partial charge in [-0.1, -0.05) is 6.07 Å². The van der Waals surface area contributed by atoms with E-state index in [2.05, 4.69) is 77.8 Å². The molecule has 0 N–H and O–H groups in total. The normalized spacial score (nSPS) is 10.9. The van der Waals surface area contributed by atoms with Crippen LogP contribution in [0, 0.1) is 6.92 Å². The first-order valence-electron chi connectivity index (χ1n) is 5.79. The zero-order valence-electron chi connectivity index (χ0n) is 10.1. The number of aryl methyl sites for hydroxylation is 2. The zero-order chi connectivity index (χ0) is 11.8. The molecule has 0 fully saturated rings. The van der Waals surface area contributed by atoms with Crippen LogP contribution in [0.4, 0.5) is 0 Å². The summed E-state index contributed by atoms with van der Waals surface area (Å²) in [6.45, 7) is 2.16. The Hall–Kier alpha value is -2.09. The fourth-order valence-corrected chi connectivity index (χ4v) is 2.32. The van der Waals surface area contributed by atoms with Crippen LogP contribution in [-0.4, -0.2) is 4.40 Å². The Bertz CT molecular complexity index is 680. The summed E-state index contributed by atoms with van der Waals surface area (Å²) in [6.07, 6.45) is 4.19. The van der Waals surface area contributed by atoms with Gasteiger partial charge in [-0.3, -0.25) is 0 Å². The maximum Gasteiger partial charge on any atom is 0.214 e. The third-order valence-corrected chi connectivity index (χ3v) is 3.27. The Kier molecular flexibility index (Phi) is 2.22. The number of pyridine rings is 2. The van der Waals surface area contributed by atoms with Gasteiger partial charge in [-0.25, -0.2) is 4.57 Å². The van der Waals surface area contributed by atoms with E-state index in [0.717, 1.165) is 0 Å². The Morgan fingerprint density at radius 1 is 1.06 bits per heavy atom. The van der Waals surface area contributed by atoms with Crippen molar-refractivity contribution in [1.82, 2.24) is 4.40 Å². The lowest BCUT2D eigenvalue weighted by molar-refractivity contribution is -0.660. The fourth-order valence-electron chi connectivity index (χ4n) is 2.32. The Morgan fingerprint density at radius 2 is 1.88 bits per heavy atom. The highest BCUT2D eigenvalue weighted by Gasteiger charge is 2.14. The van der Waals surface area contributed by atoms with Crippen LogP contribution in [-0.2, 0) is 7.05 Å². The highest BCUT2D eigenvalue weighted by Crippen LogP contribution is 2.24. The molecule has 0 aromatic carbocycles. The predicted octanol–water partition coefficient (Wildman–Crippen LogP) is 2.74. The van der Waals surface area contributed by atoms with E-state index < -0.39 is 0 Å². The first-order valence-corrected chi connectivity index (χ1v) is 5.79. The molecular weight excluding hydrogens is 208 g/mol. The minimum atomic E-state index is 1.24. The molecule has 3 rings (SSSR count). The van der Waals surface area contributed by atoms with Gasteiger partial charge in [0.25, 0.3) is 0 Å². The quantitative estimate of drug-likeness (QED) is 0.561. The average Bonchev–Trinajstić information content (AvgIpc) is 2.68. The Balaban J connectivity index is 2.32. The first kappa shape index (κ1) is 10.1. The van der Waals surface area contributed by atoms with Crippen LogP contribution in [0.25, 0.3) is 16.8 Å². The number of aromatic nitrogens is 2. The van der Waals surface area contributed by atoms with Crippen molar-refractivity contribution in [2.45, 2.75) is 6.92 Å². The van der Waals surface area contributed by atoms with E-state index in [1.54, 1.807) is 0 Å². The molecule has 17 heavy (non-hydrogen) atoms. The molecule has 0 saturated carbocycles. The van der Waals surface area contributed by atoms with Crippen molar-refractivity contribution < 1.29 is 4.57 Å². The fraction of sp³-hybridized carbons (Fsp3) is 0.133. The van der Waals surface area contributed by atoms with E-state index >= 15 is 0 Å². The minimum absolute atomic E-state index is 1.24. The van der Waals surface area contributed by atoms with Gasteiger partial charge < -0.3 is 4.40 Å². The number of hydrogen-bond donors (Lipinski definition) is 0. The summed E-state index contributed by atoms with van der Waals surface area (Å²) in [6, 6.07) is 14.8. The molecule has 3 heterocycles. The first-order chi connectivity index (χ1) is 8.27. The monoisotopic (exact) mass is 223 g/mol. The van der Waals surface area contributed by atoms with Gasteiger partial charge in [-0.15, -0.1) is 0 Å². The van der Waals surface area contributed by atoms with Crippen LogP contribution in [0.5, 0.6) is 0 Å². The predicted molar refractivity (Wildman–Crippen MR) is 68.7 cm³/mol. The topological polar surface area (TPSA) is 8.29 Å². The van der Waals surface area contributed by atoms with Crippen LogP contribution in [0.1, 0.15) is 5.69 Å². The number of fused-ring (bicyclic) bond motifs is 1. The second kappa shape index (κ2) is 3.74. The smallest absolute Gasteiger partial charge is 0.214 e. The van der Waals surface area contributed by atoms with E-state index in [0.29, 0.717) is 0 Å². The molecule has 0 bridgehead atoms. The molecule has 3 aromatic rings. The summed E-state index contributed by atoms with van der Waals surface area (Å²) >= 11 is 0. The minimum Gasteiger partial charge on any atom is -0.320 e. The summed E-state index contributed by atoms with van der Waals surface area (Å²) < 4.78 is 4.38. The summed E-state index contributed by atoms with van der Waals surface area (Å²) in [5, 5.41) is 0. The van der Waals surface area contributed by atoms with Crippen LogP contribution < -0.4 is 4.57 Å². The largest absolute Gasteiger partial charge is 0.320 e. The summed E-state index contributed by atoms with van der Waals surface area (Å²) in [5.74, 6) is 0. The lowest BCUT2D eigenvalue weighted by Gasteiger charge is -1.99. The molecule has 0 aliphatic carbocycles. The maximum atomic E-state index is 2.24. The number of nitrogens with zero attached hydrogens (tertiary/aromatic N) is 2. The van der Waals surface area contributed by atoms with Crippen molar-refractivity contribution in [2.24, 2.45) is 7.05 Å². The molecule has 0 radical (unpaired) electrons. The van der Waals surface area contributed by atoms with Crippen LogP contribution >= 0.6 is 0 Å². The van der Waals surface area contributed by atoms with Gasteiger partial charge in [0.15, 0.2) is 6.20 Å². The van der Waals surface area contributed by atoms with Crippen molar-refractivity contribution in [3.8, 4) is 11.3 Å². The summed E-state index contributed by atoms with van der Waals surface area (Å²) in [5.41, 5.74) is 5.05. The van der Waals surface area contributed by atoms with Gasteiger partial charge in [0.05, 0.1) is 5.56 Å². The van der Waals surface area contributed by atoms with E-state index in [4.69, 9.17) is 0 Å². The molecule has 0 aliphatic rings. The average molecular weight is 223 g/mol. The maximum absolute atomic E-state index is 2.24. The SMILES string of the molecule is Cc1c(-c2cccc[n+]2C)cc2ccccn12. The summed E-state index contributed by atoms with van der Waals surface area (Å²) in [4.78, 5) is 0. The standard InChI is InChI=1S/C15H15N2/c1-12-14(15-8-4-5-9-16(15)2)11-13-7-3-6-10-17(12)13/h3-11H,1-2H3/q+1. The van der Waals surface area contributed by atoms with E-state index in [1.165, 1.54) is 22.5 Å². The molecule has 0 aliphatic heterocycles.